The topological polar surface area (TPSA) is 60.9 Å². The maximum absolute atomic E-state index is 9.98. The zero-order chi connectivity index (χ0) is 13.0. The van der Waals surface area contributed by atoms with E-state index >= 15 is 0 Å². The molecular formula is C13H17Cl2N3O. The van der Waals surface area contributed by atoms with Crippen molar-refractivity contribution in [3.8, 4) is 0 Å². The summed E-state index contributed by atoms with van der Waals surface area (Å²) < 4.78 is 0. The minimum Gasteiger partial charge on any atom is -0.387 e. The van der Waals surface area contributed by atoms with Crippen LogP contribution in [0.15, 0.2) is 30.5 Å². The number of aliphatic hydroxyl groups excluding tert-OH is 1. The molecule has 1 aromatic heterocycles. The highest BCUT2D eigenvalue weighted by Gasteiger charge is 2.07. The van der Waals surface area contributed by atoms with Gasteiger partial charge >= 0.3 is 0 Å². The molecule has 104 valence electrons. The lowest BCUT2D eigenvalue weighted by Crippen LogP contribution is -2.21. The Morgan fingerprint density at radius 1 is 1.37 bits per heavy atom. The van der Waals surface area contributed by atoms with Gasteiger partial charge in [-0.25, -0.2) is 0 Å². The van der Waals surface area contributed by atoms with E-state index in [4.69, 9.17) is 11.6 Å². The van der Waals surface area contributed by atoms with Crippen molar-refractivity contribution in [2.45, 2.75) is 19.6 Å². The third kappa shape index (κ3) is 4.51. The Morgan fingerprint density at radius 3 is 2.63 bits per heavy atom. The second-order valence-electron chi connectivity index (χ2n) is 4.22. The highest BCUT2D eigenvalue weighted by molar-refractivity contribution is 6.30. The number of nitrogens with one attached hydrogen (secondary N) is 2. The molecule has 3 N–H and O–H groups in total. The standard InChI is InChI=1S/C13H16ClN3O.ClH/c1-9-11(7-16-17-9)6-15-8-13(18)10-2-4-12(14)5-3-10;/h2-5,7,13,15,18H,6,8H2,1H3,(H,16,17);1H. The van der Waals surface area contributed by atoms with Gasteiger partial charge in [0, 0.05) is 29.4 Å². The molecule has 0 fully saturated rings. The van der Waals surface area contributed by atoms with Gasteiger partial charge in [0.2, 0.25) is 0 Å². The van der Waals surface area contributed by atoms with Crippen molar-refractivity contribution in [2.24, 2.45) is 0 Å². The lowest BCUT2D eigenvalue weighted by molar-refractivity contribution is 0.174. The fourth-order valence-corrected chi connectivity index (χ4v) is 1.83. The van der Waals surface area contributed by atoms with Crippen molar-refractivity contribution < 1.29 is 5.11 Å². The summed E-state index contributed by atoms with van der Waals surface area (Å²) in [5, 5.41) is 20.7. The summed E-state index contributed by atoms with van der Waals surface area (Å²) in [4.78, 5) is 0. The average molecular weight is 302 g/mol. The molecule has 19 heavy (non-hydrogen) atoms. The van der Waals surface area contributed by atoms with Gasteiger partial charge in [-0.1, -0.05) is 23.7 Å². The van der Waals surface area contributed by atoms with E-state index in [0.717, 1.165) is 16.8 Å². The number of nitrogens with zero attached hydrogens (tertiary/aromatic N) is 1. The van der Waals surface area contributed by atoms with Crippen LogP contribution in [0.1, 0.15) is 22.9 Å². The zero-order valence-corrected chi connectivity index (χ0v) is 12.1. The molecule has 1 atom stereocenters. The van der Waals surface area contributed by atoms with E-state index in [2.05, 4.69) is 15.5 Å². The molecule has 6 heteroatoms. The fraction of sp³-hybridized carbons (Fsp3) is 0.308. The van der Waals surface area contributed by atoms with Gasteiger partial charge in [0.05, 0.1) is 12.3 Å². The summed E-state index contributed by atoms with van der Waals surface area (Å²) >= 11 is 5.80. The van der Waals surface area contributed by atoms with E-state index in [9.17, 15) is 5.11 Å². The predicted octanol–water partition coefficient (Wildman–Crippen LogP) is 2.62. The number of aromatic amines is 1. The lowest BCUT2D eigenvalue weighted by atomic mass is 10.1. The Bertz CT molecular complexity index is 499. The van der Waals surface area contributed by atoms with Gasteiger partial charge in [-0.05, 0) is 24.6 Å². The van der Waals surface area contributed by atoms with Gasteiger partial charge in [-0.15, -0.1) is 12.4 Å². The highest BCUT2D eigenvalue weighted by atomic mass is 35.5. The molecule has 0 saturated carbocycles. The summed E-state index contributed by atoms with van der Waals surface area (Å²) in [7, 11) is 0. The number of aryl methyl sites for hydroxylation is 1. The molecule has 0 saturated heterocycles. The molecule has 2 rings (SSSR count). The minimum absolute atomic E-state index is 0. The predicted molar refractivity (Wildman–Crippen MR) is 78.7 cm³/mol. The van der Waals surface area contributed by atoms with Crippen LogP contribution in [-0.2, 0) is 6.54 Å². The van der Waals surface area contributed by atoms with E-state index in [0.29, 0.717) is 18.1 Å². The van der Waals surface area contributed by atoms with Gasteiger partial charge in [-0.2, -0.15) is 5.10 Å². The molecular weight excluding hydrogens is 285 g/mol. The molecule has 0 spiro atoms. The van der Waals surface area contributed by atoms with Crippen LogP contribution in [0.2, 0.25) is 5.02 Å². The van der Waals surface area contributed by atoms with E-state index in [1.54, 1.807) is 18.3 Å². The van der Waals surface area contributed by atoms with E-state index in [-0.39, 0.29) is 12.4 Å². The summed E-state index contributed by atoms with van der Waals surface area (Å²) in [6, 6.07) is 7.22. The first kappa shape index (κ1) is 16.0. The molecule has 0 aliphatic heterocycles. The monoisotopic (exact) mass is 301 g/mol. The largest absolute Gasteiger partial charge is 0.387 e. The summed E-state index contributed by atoms with van der Waals surface area (Å²) in [6.45, 7) is 3.15. The summed E-state index contributed by atoms with van der Waals surface area (Å²) in [5.74, 6) is 0. The first-order valence-corrected chi connectivity index (χ1v) is 6.17. The Morgan fingerprint density at radius 2 is 2.05 bits per heavy atom. The molecule has 0 aliphatic carbocycles. The number of benzene rings is 1. The molecule has 1 heterocycles. The zero-order valence-electron chi connectivity index (χ0n) is 10.6. The van der Waals surface area contributed by atoms with Gasteiger partial charge < -0.3 is 10.4 Å². The van der Waals surface area contributed by atoms with E-state index in [1.165, 1.54) is 0 Å². The second kappa shape index (κ2) is 7.50. The first-order valence-electron chi connectivity index (χ1n) is 5.80. The number of hydrogen-bond donors (Lipinski definition) is 3. The van der Waals surface area contributed by atoms with Crippen LogP contribution >= 0.6 is 24.0 Å². The van der Waals surface area contributed by atoms with Crippen molar-refractivity contribution in [1.29, 1.82) is 0 Å². The molecule has 0 aliphatic rings. The maximum atomic E-state index is 9.98. The first-order chi connectivity index (χ1) is 8.66. The van der Waals surface area contributed by atoms with Crippen LogP contribution in [-0.4, -0.2) is 21.8 Å². The van der Waals surface area contributed by atoms with Gasteiger partial charge in [0.1, 0.15) is 0 Å². The number of rotatable bonds is 5. The molecule has 0 bridgehead atoms. The molecule has 4 nitrogen and oxygen atoms in total. The van der Waals surface area contributed by atoms with Gasteiger partial charge in [0.25, 0.3) is 0 Å². The lowest BCUT2D eigenvalue weighted by Gasteiger charge is -2.12. The van der Waals surface area contributed by atoms with Crippen molar-refractivity contribution >= 4 is 24.0 Å². The number of halogens is 2. The van der Waals surface area contributed by atoms with E-state index in [1.807, 2.05) is 19.1 Å². The van der Waals surface area contributed by atoms with Gasteiger partial charge in [-0.3, -0.25) is 5.10 Å². The fourth-order valence-electron chi connectivity index (χ4n) is 1.70. The molecule has 1 unspecified atom stereocenters. The van der Waals surface area contributed by atoms with Gasteiger partial charge in [0.15, 0.2) is 0 Å². The smallest absolute Gasteiger partial charge is 0.0914 e. The Balaban J connectivity index is 0.00000180. The Hall–Kier alpha value is -1.07. The van der Waals surface area contributed by atoms with Crippen LogP contribution in [0.25, 0.3) is 0 Å². The van der Waals surface area contributed by atoms with Crippen LogP contribution in [0, 0.1) is 6.92 Å². The second-order valence-corrected chi connectivity index (χ2v) is 4.65. The average Bonchev–Trinajstić information content (AvgIpc) is 2.76. The third-order valence-corrected chi connectivity index (χ3v) is 3.09. The number of aromatic nitrogens is 2. The van der Waals surface area contributed by atoms with E-state index < -0.39 is 6.10 Å². The summed E-state index contributed by atoms with van der Waals surface area (Å²) in [6.07, 6.45) is 1.26. The van der Waals surface area contributed by atoms with Crippen molar-refractivity contribution in [3.63, 3.8) is 0 Å². The molecule has 0 radical (unpaired) electrons. The van der Waals surface area contributed by atoms with Crippen LogP contribution in [0.5, 0.6) is 0 Å². The SMILES string of the molecule is Cc1[nH]ncc1CNCC(O)c1ccc(Cl)cc1.Cl. The Labute approximate surface area is 123 Å². The van der Waals surface area contributed by atoms with Crippen molar-refractivity contribution in [3.05, 3.63) is 52.3 Å². The number of hydrogen-bond acceptors (Lipinski definition) is 3. The van der Waals surface area contributed by atoms with Crippen LogP contribution < -0.4 is 5.32 Å². The quantitative estimate of drug-likeness (QED) is 0.795. The number of aliphatic hydroxyl groups is 1. The third-order valence-electron chi connectivity index (χ3n) is 2.84. The normalized spacial score (nSPS) is 11.9. The summed E-state index contributed by atoms with van der Waals surface area (Å²) in [5.41, 5.74) is 3.01. The van der Waals surface area contributed by atoms with Crippen molar-refractivity contribution in [2.75, 3.05) is 6.54 Å². The van der Waals surface area contributed by atoms with Crippen LogP contribution in [0.4, 0.5) is 0 Å². The van der Waals surface area contributed by atoms with Crippen molar-refractivity contribution in [1.82, 2.24) is 15.5 Å². The maximum Gasteiger partial charge on any atom is 0.0914 e. The molecule has 1 aromatic carbocycles. The highest BCUT2D eigenvalue weighted by Crippen LogP contribution is 2.15. The Kier molecular flexibility index (Phi) is 6.31. The number of H-pyrrole nitrogens is 1. The molecule has 0 amide bonds. The minimum atomic E-state index is -0.533. The van der Waals surface area contributed by atoms with Crippen LogP contribution in [0.3, 0.4) is 0 Å². The molecule has 2 aromatic rings.